The second-order valence-corrected chi connectivity index (χ2v) is 2.53. The summed E-state index contributed by atoms with van der Waals surface area (Å²) in [4.78, 5) is 19.2. The van der Waals surface area contributed by atoms with Crippen LogP contribution < -0.4 is 16.0 Å². The summed E-state index contributed by atoms with van der Waals surface area (Å²) >= 11 is 0. The summed E-state index contributed by atoms with van der Waals surface area (Å²) in [6.45, 7) is 0.484. The summed E-state index contributed by atoms with van der Waals surface area (Å²) in [6, 6.07) is -0.324. The number of aliphatic imine (C=N–C) groups is 2. The van der Waals surface area contributed by atoms with Gasteiger partial charge in [0.05, 0.1) is 6.67 Å². The van der Waals surface area contributed by atoms with Crippen molar-refractivity contribution >= 4 is 17.7 Å². The van der Waals surface area contributed by atoms with Gasteiger partial charge in [0.15, 0.2) is 0 Å². The maximum absolute atomic E-state index is 11.3. The summed E-state index contributed by atoms with van der Waals surface area (Å²) in [5.41, 5.74) is 0. The molecular weight excluding hydrogens is 158 g/mol. The zero-order valence-electron chi connectivity index (χ0n) is 6.59. The Bertz CT molecular complexity index is 282. The molecule has 1 atom stereocenters. The van der Waals surface area contributed by atoms with E-state index >= 15 is 0 Å². The first-order valence-corrected chi connectivity index (χ1v) is 3.63. The van der Waals surface area contributed by atoms with E-state index in [1.807, 2.05) is 0 Å². The van der Waals surface area contributed by atoms with E-state index in [-0.39, 0.29) is 11.9 Å². The Balaban J connectivity index is 2.24. The number of nitrogens with one attached hydrogen (secondary N) is 3. The van der Waals surface area contributed by atoms with Gasteiger partial charge in [-0.2, -0.15) is 0 Å². The Morgan fingerprint density at radius 3 is 3.17 bits per heavy atom. The Labute approximate surface area is 69.2 Å². The lowest BCUT2D eigenvalue weighted by molar-refractivity contribution is -0.120. The van der Waals surface area contributed by atoms with E-state index in [0.717, 1.165) is 0 Å². The Morgan fingerprint density at radius 1 is 1.58 bits per heavy atom. The molecule has 0 aromatic heterocycles. The van der Waals surface area contributed by atoms with Crippen molar-refractivity contribution in [3.63, 3.8) is 0 Å². The predicted octanol–water partition coefficient (Wildman–Crippen LogP) is -1.98. The van der Waals surface area contributed by atoms with Gasteiger partial charge in [0.25, 0.3) is 5.91 Å². The number of guanidine groups is 1. The SMILES string of the molecule is CN=C1NC(=O)C2NCN=C2N1. The molecule has 0 aliphatic carbocycles. The molecule has 0 aromatic rings. The van der Waals surface area contributed by atoms with E-state index in [4.69, 9.17) is 0 Å². The molecule has 1 unspecified atom stereocenters. The Morgan fingerprint density at radius 2 is 2.42 bits per heavy atom. The molecule has 3 N–H and O–H groups in total. The number of fused-ring (bicyclic) bond motifs is 1. The zero-order valence-corrected chi connectivity index (χ0v) is 6.59. The summed E-state index contributed by atoms with van der Waals surface area (Å²) < 4.78 is 0. The summed E-state index contributed by atoms with van der Waals surface area (Å²) in [5.74, 6) is 1.00. The molecule has 2 heterocycles. The highest BCUT2D eigenvalue weighted by molar-refractivity contribution is 6.22. The van der Waals surface area contributed by atoms with Crippen LogP contribution in [0, 0.1) is 0 Å². The van der Waals surface area contributed by atoms with Gasteiger partial charge < -0.3 is 5.32 Å². The quantitative estimate of drug-likeness (QED) is 0.391. The van der Waals surface area contributed by atoms with Crippen molar-refractivity contribution in [3.05, 3.63) is 0 Å². The van der Waals surface area contributed by atoms with Crippen LogP contribution in [0.4, 0.5) is 0 Å². The van der Waals surface area contributed by atoms with Gasteiger partial charge >= 0.3 is 0 Å². The van der Waals surface area contributed by atoms with E-state index in [0.29, 0.717) is 18.5 Å². The third-order valence-electron chi connectivity index (χ3n) is 1.79. The monoisotopic (exact) mass is 167 g/mol. The molecule has 0 saturated carbocycles. The van der Waals surface area contributed by atoms with Gasteiger partial charge in [0.1, 0.15) is 11.9 Å². The minimum Gasteiger partial charge on any atom is -0.313 e. The van der Waals surface area contributed by atoms with Crippen LogP contribution in [0.5, 0.6) is 0 Å². The summed E-state index contributed by atoms with van der Waals surface area (Å²) in [5, 5.41) is 8.41. The standard InChI is InChI=1S/C6H9N5O/c1-7-6-10-4-3(5(12)11-6)8-2-9-4/h3,8H,2H2,1H3,(H2,7,9,10,11,12). The molecule has 6 heteroatoms. The smallest absolute Gasteiger partial charge is 0.251 e. The Hall–Kier alpha value is -1.43. The van der Waals surface area contributed by atoms with E-state index in [9.17, 15) is 4.79 Å². The molecular formula is C6H9N5O. The van der Waals surface area contributed by atoms with Gasteiger partial charge in [0, 0.05) is 7.05 Å². The Kier molecular flexibility index (Phi) is 1.54. The van der Waals surface area contributed by atoms with Crippen LogP contribution in [0.25, 0.3) is 0 Å². The number of carbonyl (C=O) groups is 1. The first kappa shape index (κ1) is 7.23. The van der Waals surface area contributed by atoms with Gasteiger partial charge in [-0.1, -0.05) is 0 Å². The predicted molar refractivity (Wildman–Crippen MR) is 43.9 cm³/mol. The van der Waals surface area contributed by atoms with E-state index in [2.05, 4.69) is 25.9 Å². The molecule has 12 heavy (non-hydrogen) atoms. The summed E-state index contributed by atoms with van der Waals surface area (Å²) in [7, 11) is 1.60. The maximum Gasteiger partial charge on any atom is 0.251 e. The zero-order chi connectivity index (χ0) is 8.55. The van der Waals surface area contributed by atoms with Crippen LogP contribution in [0.15, 0.2) is 9.98 Å². The van der Waals surface area contributed by atoms with E-state index in [1.54, 1.807) is 7.05 Å². The average Bonchev–Trinajstić information content (AvgIpc) is 2.52. The fourth-order valence-electron chi connectivity index (χ4n) is 1.19. The molecule has 0 spiro atoms. The number of nitrogens with zero attached hydrogens (tertiary/aromatic N) is 2. The van der Waals surface area contributed by atoms with Crippen LogP contribution >= 0.6 is 0 Å². The summed E-state index contributed by atoms with van der Waals surface area (Å²) in [6.07, 6.45) is 0. The number of rotatable bonds is 0. The molecule has 64 valence electrons. The van der Waals surface area contributed by atoms with Crippen LogP contribution in [0.3, 0.4) is 0 Å². The van der Waals surface area contributed by atoms with Gasteiger partial charge in [-0.15, -0.1) is 0 Å². The van der Waals surface area contributed by atoms with Crippen molar-refractivity contribution in [2.45, 2.75) is 6.04 Å². The highest BCUT2D eigenvalue weighted by Gasteiger charge is 2.33. The van der Waals surface area contributed by atoms with Gasteiger partial charge in [-0.25, -0.2) is 0 Å². The maximum atomic E-state index is 11.3. The molecule has 1 fully saturated rings. The van der Waals surface area contributed by atoms with Crippen molar-refractivity contribution in [1.82, 2.24) is 16.0 Å². The molecule has 0 bridgehead atoms. The van der Waals surface area contributed by atoms with Crippen molar-refractivity contribution in [2.24, 2.45) is 9.98 Å². The molecule has 1 amide bonds. The first-order chi connectivity index (χ1) is 5.81. The minimum atomic E-state index is -0.324. The van der Waals surface area contributed by atoms with Crippen LogP contribution in [0.1, 0.15) is 0 Å². The fraction of sp³-hybridized carbons (Fsp3) is 0.500. The number of amidine groups is 1. The first-order valence-electron chi connectivity index (χ1n) is 3.63. The van der Waals surface area contributed by atoms with Crippen molar-refractivity contribution in [3.8, 4) is 0 Å². The van der Waals surface area contributed by atoms with Crippen LogP contribution in [-0.4, -0.2) is 37.5 Å². The highest BCUT2D eigenvalue weighted by atomic mass is 16.2. The molecule has 1 saturated heterocycles. The van der Waals surface area contributed by atoms with Crippen LogP contribution in [-0.2, 0) is 4.79 Å². The third kappa shape index (κ3) is 0.964. The lowest BCUT2D eigenvalue weighted by Crippen LogP contribution is -2.61. The topological polar surface area (TPSA) is 77.9 Å². The van der Waals surface area contributed by atoms with Crippen molar-refractivity contribution in [2.75, 3.05) is 13.7 Å². The van der Waals surface area contributed by atoms with Gasteiger partial charge in [-0.3, -0.25) is 25.4 Å². The van der Waals surface area contributed by atoms with Crippen molar-refractivity contribution < 1.29 is 4.79 Å². The molecule has 2 aliphatic rings. The number of hydrogen-bond donors (Lipinski definition) is 3. The average molecular weight is 167 g/mol. The molecule has 6 nitrogen and oxygen atoms in total. The second kappa shape index (κ2) is 2.56. The third-order valence-corrected chi connectivity index (χ3v) is 1.79. The lowest BCUT2D eigenvalue weighted by Gasteiger charge is -2.21. The second-order valence-electron chi connectivity index (χ2n) is 2.53. The normalized spacial score (nSPS) is 30.8. The molecule has 0 radical (unpaired) electrons. The highest BCUT2D eigenvalue weighted by Crippen LogP contribution is 1.99. The van der Waals surface area contributed by atoms with Gasteiger partial charge in [-0.05, 0) is 0 Å². The van der Waals surface area contributed by atoms with E-state index in [1.165, 1.54) is 0 Å². The number of hydrogen-bond acceptors (Lipinski definition) is 4. The molecule has 0 aromatic carbocycles. The van der Waals surface area contributed by atoms with Crippen LogP contribution in [0.2, 0.25) is 0 Å². The largest absolute Gasteiger partial charge is 0.313 e. The molecule has 2 aliphatic heterocycles. The molecule has 2 rings (SSSR count). The lowest BCUT2D eigenvalue weighted by atomic mass is 10.2. The van der Waals surface area contributed by atoms with Crippen molar-refractivity contribution in [1.29, 1.82) is 0 Å². The van der Waals surface area contributed by atoms with E-state index < -0.39 is 0 Å². The fourth-order valence-corrected chi connectivity index (χ4v) is 1.19. The van der Waals surface area contributed by atoms with Gasteiger partial charge in [0.2, 0.25) is 5.96 Å². The minimum absolute atomic E-state index is 0.106. The number of carbonyl (C=O) groups excluding carboxylic acids is 1. The number of amides is 1.